The Balaban J connectivity index is 1.98. The maximum atomic E-state index is 11.4. The zero-order chi connectivity index (χ0) is 14.5. The number of imidazole rings is 1. The molecular formula is C15H19N3O2. The van der Waals surface area contributed by atoms with Crippen molar-refractivity contribution < 1.29 is 9.53 Å². The molecule has 0 aliphatic carbocycles. The first-order valence-electron chi connectivity index (χ1n) is 6.59. The molecule has 0 bridgehead atoms. The van der Waals surface area contributed by atoms with Gasteiger partial charge in [-0.1, -0.05) is 12.7 Å². The molecule has 0 radical (unpaired) electrons. The highest BCUT2D eigenvalue weighted by Crippen LogP contribution is 2.18. The lowest BCUT2D eigenvalue weighted by Crippen LogP contribution is -2.06. The van der Waals surface area contributed by atoms with Gasteiger partial charge in [0.05, 0.1) is 11.0 Å². The minimum atomic E-state index is -0.201. The number of hydrogen-bond acceptors (Lipinski definition) is 4. The van der Waals surface area contributed by atoms with Gasteiger partial charge >= 0.3 is 5.97 Å². The summed E-state index contributed by atoms with van der Waals surface area (Å²) < 4.78 is 6.96. The Morgan fingerprint density at radius 2 is 2.35 bits per heavy atom. The quantitative estimate of drug-likeness (QED) is 0.497. The van der Waals surface area contributed by atoms with E-state index in [0.29, 0.717) is 18.5 Å². The van der Waals surface area contributed by atoms with Crippen LogP contribution in [0.2, 0.25) is 0 Å². The molecule has 5 heteroatoms. The average Bonchev–Trinajstić information content (AvgIpc) is 2.72. The predicted octanol–water partition coefficient (Wildman–Crippen LogP) is 2.21. The van der Waals surface area contributed by atoms with Crippen molar-refractivity contribution in [1.82, 2.24) is 9.55 Å². The SMILES string of the molecule is C=CCOC(=O)CCCc1nc2cc(N)ccc2n1C. The van der Waals surface area contributed by atoms with Gasteiger partial charge in [-0.05, 0) is 24.6 Å². The van der Waals surface area contributed by atoms with E-state index >= 15 is 0 Å². The molecule has 2 rings (SSSR count). The van der Waals surface area contributed by atoms with Gasteiger partial charge in [0.15, 0.2) is 0 Å². The molecule has 1 aromatic heterocycles. The number of fused-ring (bicyclic) bond motifs is 1. The fourth-order valence-corrected chi connectivity index (χ4v) is 2.11. The molecule has 1 heterocycles. The number of aryl methyl sites for hydroxylation is 2. The molecular weight excluding hydrogens is 254 g/mol. The van der Waals surface area contributed by atoms with Crippen molar-refractivity contribution in [1.29, 1.82) is 0 Å². The number of aromatic nitrogens is 2. The van der Waals surface area contributed by atoms with Gasteiger partial charge < -0.3 is 15.0 Å². The number of esters is 1. The van der Waals surface area contributed by atoms with Gasteiger partial charge in [0.25, 0.3) is 0 Å². The van der Waals surface area contributed by atoms with Crippen molar-refractivity contribution in [2.45, 2.75) is 19.3 Å². The second-order valence-electron chi connectivity index (χ2n) is 4.66. The van der Waals surface area contributed by atoms with Crippen LogP contribution in [-0.4, -0.2) is 22.1 Å². The van der Waals surface area contributed by atoms with Crippen LogP contribution in [0.25, 0.3) is 11.0 Å². The molecule has 2 N–H and O–H groups in total. The highest BCUT2D eigenvalue weighted by molar-refractivity contribution is 5.79. The number of hydrogen-bond donors (Lipinski definition) is 1. The lowest BCUT2D eigenvalue weighted by Gasteiger charge is -2.03. The number of carbonyl (C=O) groups excluding carboxylic acids is 1. The highest BCUT2D eigenvalue weighted by Gasteiger charge is 2.09. The van der Waals surface area contributed by atoms with Crippen LogP contribution in [0.1, 0.15) is 18.7 Å². The molecule has 1 aromatic carbocycles. The molecule has 0 aliphatic rings. The minimum Gasteiger partial charge on any atom is -0.461 e. The molecule has 0 saturated heterocycles. The summed E-state index contributed by atoms with van der Waals surface area (Å²) in [6.07, 6.45) is 3.39. The van der Waals surface area contributed by atoms with E-state index < -0.39 is 0 Å². The third-order valence-corrected chi connectivity index (χ3v) is 3.14. The highest BCUT2D eigenvalue weighted by atomic mass is 16.5. The number of rotatable bonds is 6. The summed E-state index contributed by atoms with van der Waals surface area (Å²) in [7, 11) is 1.97. The van der Waals surface area contributed by atoms with Crippen LogP contribution in [0.3, 0.4) is 0 Å². The number of ether oxygens (including phenoxy) is 1. The topological polar surface area (TPSA) is 70.1 Å². The van der Waals surface area contributed by atoms with Gasteiger partial charge in [-0.15, -0.1) is 0 Å². The lowest BCUT2D eigenvalue weighted by atomic mass is 10.2. The van der Waals surface area contributed by atoms with Gasteiger partial charge in [-0.2, -0.15) is 0 Å². The van der Waals surface area contributed by atoms with Crippen molar-refractivity contribution in [3.8, 4) is 0 Å². The van der Waals surface area contributed by atoms with Gasteiger partial charge in [0, 0.05) is 25.6 Å². The third kappa shape index (κ3) is 3.17. The number of nitrogens with two attached hydrogens (primary N) is 1. The van der Waals surface area contributed by atoms with Crippen LogP contribution >= 0.6 is 0 Å². The Kier molecular flexibility index (Phi) is 4.40. The molecule has 0 spiro atoms. The van der Waals surface area contributed by atoms with E-state index in [4.69, 9.17) is 10.5 Å². The fraction of sp³-hybridized carbons (Fsp3) is 0.333. The van der Waals surface area contributed by atoms with Crippen LogP contribution in [-0.2, 0) is 23.0 Å². The largest absolute Gasteiger partial charge is 0.461 e. The van der Waals surface area contributed by atoms with E-state index in [1.165, 1.54) is 0 Å². The molecule has 0 unspecified atom stereocenters. The first-order chi connectivity index (χ1) is 9.61. The van der Waals surface area contributed by atoms with Crippen molar-refractivity contribution in [2.24, 2.45) is 7.05 Å². The summed E-state index contributed by atoms with van der Waals surface area (Å²) in [5, 5.41) is 0. The van der Waals surface area contributed by atoms with E-state index in [1.54, 1.807) is 6.08 Å². The molecule has 0 fully saturated rings. The van der Waals surface area contributed by atoms with Crippen LogP contribution in [0.5, 0.6) is 0 Å². The van der Waals surface area contributed by atoms with E-state index in [-0.39, 0.29) is 12.6 Å². The predicted molar refractivity (Wildman–Crippen MR) is 79.2 cm³/mol. The van der Waals surface area contributed by atoms with E-state index in [0.717, 1.165) is 23.3 Å². The lowest BCUT2D eigenvalue weighted by molar-refractivity contribution is -0.142. The monoisotopic (exact) mass is 273 g/mol. The first-order valence-corrected chi connectivity index (χ1v) is 6.59. The average molecular weight is 273 g/mol. The molecule has 106 valence electrons. The number of carbonyl (C=O) groups is 1. The van der Waals surface area contributed by atoms with Gasteiger partial charge in [-0.25, -0.2) is 4.98 Å². The van der Waals surface area contributed by atoms with Crippen LogP contribution < -0.4 is 5.73 Å². The molecule has 0 amide bonds. The van der Waals surface area contributed by atoms with Gasteiger partial charge in [-0.3, -0.25) is 4.79 Å². The molecule has 0 atom stereocenters. The Morgan fingerprint density at radius 1 is 1.55 bits per heavy atom. The van der Waals surface area contributed by atoms with Crippen LogP contribution in [0, 0.1) is 0 Å². The zero-order valence-electron chi connectivity index (χ0n) is 11.6. The number of nitrogen functional groups attached to an aromatic ring is 1. The molecule has 5 nitrogen and oxygen atoms in total. The Hall–Kier alpha value is -2.30. The smallest absolute Gasteiger partial charge is 0.306 e. The van der Waals surface area contributed by atoms with Crippen molar-refractivity contribution in [3.05, 3.63) is 36.7 Å². The third-order valence-electron chi connectivity index (χ3n) is 3.14. The minimum absolute atomic E-state index is 0.201. The van der Waals surface area contributed by atoms with E-state index in [2.05, 4.69) is 11.6 Å². The normalized spacial score (nSPS) is 10.7. The van der Waals surface area contributed by atoms with Crippen LogP contribution in [0.4, 0.5) is 5.69 Å². The summed E-state index contributed by atoms with van der Waals surface area (Å²) in [6, 6.07) is 5.68. The Morgan fingerprint density at radius 3 is 3.10 bits per heavy atom. The summed E-state index contributed by atoms with van der Waals surface area (Å²) in [5.74, 6) is 0.745. The second kappa shape index (κ2) is 6.23. The summed E-state index contributed by atoms with van der Waals surface area (Å²) in [6.45, 7) is 3.77. The van der Waals surface area contributed by atoms with E-state index in [1.807, 2.05) is 29.8 Å². The Labute approximate surface area is 118 Å². The first kappa shape index (κ1) is 14.1. The van der Waals surface area contributed by atoms with Gasteiger partial charge in [0.2, 0.25) is 0 Å². The summed E-state index contributed by atoms with van der Waals surface area (Å²) in [4.78, 5) is 15.9. The maximum absolute atomic E-state index is 11.4. The molecule has 2 aromatic rings. The Bertz CT molecular complexity index is 631. The van der Waals surface area contributed by atoms with E-state index in [9.17, 15) is 4.79 Å². The summed E-state index contributed by atoms with van der Waals surface area (Å²) in [5.41, 5.74) is 8.39. The number of nitrogens with zero attached hydrogens (tertiary/aromatic N) is 2. The van der Waals surface area contributed by atoms with Crippen molar-refractivity contribution in [3.63, 3.8) is 0 Å². The zero-order valence-corrected chi connectivity index (χ0v) is 11.6. The van der Waals surface area contributed by atoms with Crippen LogP contribution in [0.15, 0.2) is 30.9 Å². The van der Waals surface area contributed by atoms with Crippen molar-refractivity contribution >= 4 is 22.7 Å². The fourth-order valence-electron chi connectivity index (χ4n) is 2.11. The van der Waals surface area contributed by atoms with Crippen molar-refractivity contribution in [2.75, 3.05) is 12.3 Å². The maximum Gasteiger partial charge on any atom is 0.306 e. The number of benzene rings is 1. The summed E-state index contributed by atoms with van der Waals surface area (Å²) >= 11 is 0. The molecule has 0 aliphatic heterocycles. The van der Waals surface area contributed by atoms with Gasteiger partial charge in [0.1, 0.15) is 12.4 Å². The molecule has 20 heavy (non-hydrogen) atoms. The molecule has 0 saturated carbocycles. The standard InChI is InChI=1S/C15H19N3O2/c1-3-9-20-15(19)6-4-5-14-17-12-10-11(16)7-8-13(12)18(14)2/h3,7-8,10H,1,4-6,9,16H2,2H3. The number of anilines is 1. The second-order valence-corrected chi connectivity index (χ2v) is 4.66.